The van der Waals surface area contributed by atoms with Crippen molar-refractivity contribution in [1.29, 1.82) is 0 Å². The van der Waals surface area contributed by atoms with E-state index in [1.165, 1.54) is 19.4 Å². The fourth-order valence-corrected chi connectivity index (χ4v) is 5.23. The Morgan fingerprint density at radius 3 is 2.45 bits per heavy atom. The predicted molar refractivity (Wildman–Crippen MR) is 195 cm³/mol. The topological polar surface area (TPSA) is 124 Å². The standard InChI is InChI=1S/C32H27BrF2N4O5.C6H10O/c1-42-24-11-9-21(27(14-24)43-2)16-36-29-25-12-22(33)17-37-30(25)39(44-18-19-6-4-3-5-7-19)32(41)28(29)31(40)38-15-20-8-10-23(34)13-26(20)35;1-2-3-4-5-6-7/h3-14,17,36H,15-16,18H2,1-2H3,(H,38,40);1,7H,3-6H2. The Kier molecular flexibility index (Phi) is 14.3. The van der Waals surface area contributed by atoms with Crippen LogP contribution in [-0.2, 0) is 19.7 Å². The van der Waals surface area contributed by atoms with Crippen molar-refractivity contribution < 1.29 is 33.0 Å². The number of halogens is 3. The number of aromatic nitrogens is 2. The van der Waals surface area contributed by atoms with E-state index >= 15 is 0 Å². The number of anilines is 1. The van der Waals surface area contributed by atoms with Gasteiger partial charge in [-0.3, -0.25) is 9.59 Å². The van der Waals surface area contributed by atoms with Crippen LogP contribution in [0.25, 0.3) is 11.0 Å². The maximum atomic E-state index is 14.4. The van der Waals surface area contributed by atoms with Crippen LogP contribution in [-0.4, -0.2) is 41.6 Å². The van der Waals surface area contributed by atoms with Crippen molar-refractivity contribution in [3.8, 4) is 23.8 Å². The fourth-order valence-electron chi connectivity index (χ4n) is 4.89. The van der Waals surface area contributed by atoms with Crippen LogP contribution in [0.2, 0.25) is 0 Å². The van der Waals surface area contributed by atoms with Crippen LogP contribution in [0.5, 0.6) is 11.5 Å². The summed E-state index contributed by atoms with van der Waals surface area (Å²) in [5.74, 6) is 1.23. The Hall–Kier alpha value is -5.45. The molecule has 0 saturated heterocycles. The van der Waals surface area contributed by atoms with Gasteiger partial charge in [0.15, 0.2) is 5.65 Å². The van der Waals surface area contributed by atoms with E-state index in [4.69, 9.17) is 25.8 Å². The lowest BCUT2D eigenvalue weighted by Crippen LogP contribution is -2.37. The average molecular weight is 764 g/mol. The van der Waals surface area contributed by atoms with E-state index in [0.717, 1.165) is 41.7 Å². The zero-order valence-electron chi connectivity index (χ0n) is 28.0. The highest BCUT2D eigenvalue weighted by Gasteiger charge is 2.25. The lowest BCUT2D eigenvalue weighted by Gasteiger charge is -2.19. The van der Waals surface area contributed by atoms with Crippen LogP contribution < -0.4 is 30.5 Å². The third kappa shape index (κ3) is 10.3. The molecule has 0 bridgehead atoms. The van der Waals surface area contributed by atoms with E-state index in [1.54, 1.807) is 31.4 Å². The highest BCUT2D eigenvalue weighted by atomic mass is 79.9. The Morgan fingerprint density at radius 2 is 1.76 bits per heavy atom. The van der Waals surface area contributed by atoms with Crippen LogP contribution >= 0.6 is 15.9 Å². The summed E-state index contributed by atoms with van der Waals surface area (Å²) in [6.07, 6.45) is 9.03. The Labute approximate surface area is 302 Å². The summed E-state index contributed by atoms with van der Waals surface area (Å²) in [6, 6.07) is 19.2. The second kappa shape index (κ2) is 19.1. The van der Waals surface area contributed by atoms with Gasteiger partial charge in [-0.2, -0.15) is 0 Å². The van der Waals surface area contributed by atoms with Gasteiger partial charge in [-0.1, -0.05) is 36.4 Å². The number of ether oxygens (including phenoxy) is 2. The summed E-state index contributed by atoms with van der Waals surface area (Å²) in [6.45, 7) is 0.138. The van der Waals surface area contributed by atoms with Gasteiger partial charge in [-0.05, 0) is 58.6 Å². The van der Waals surface area contributed by atoms with E-state index < -0.39 is 23.1 Å². The van der Waals surface area contributed by atoms with Crippen LogP contribution in [0.3, 0.4) is 0 Å². The first-order valence-corrected chi connectivity index (χ1v) is 16.6. The summed E-state index contributed by atoms with van der Waals surface area (Å²) in [5.41, 5.74) is 0.811. The number of nitrogens with one attached hydrogen (secondary N) is 2. The molecule has 0 aliphatic carbocycles. The molecule has 51 heavy (non-hydrogen) atoms. The molecule has 2 heterocycles. The van der Waals surface area contributed by atoms with Gasteiger partial charge in [0.1, 0.15) is 35.3 Å². The van der Waals surface area contributed by atoms with Gasteiger partial charge in [0.05, 0.1) is 19.9 Å². The van der Waals surface area contributed by atoms with Crippen LogP contribution in [0, 0.1) is 24.0 Å². The van der Waals surface area contributed by atoms with Crippen molar-refractivity contribution in [2.45, 2.75) is 39.0 Å². The van der Waals surface area contributed by atoms with Crippen molar-refractivity contribution in [3.05, 3.63) is 128 Å². The van der Waals surface area contributed by atoms with Crippen LogP contribution in [0.1, 0.15) is 46.3 Å². The Morgan fingerprint density at radius 1 is 1.00 bits per heavy atom. The van der Waals surface area contributed by atoms with Gasteiger partial charge in [-0.15, -0.1) is 17.1 Å². The van der Waals surface area contributed by atoms with E-state index in [0.29, 0.717) is 26.9 Å². The molecule has 0 saturated carbocycles. The average Bonchev–Trinajstić information content (AvgIpc) is 3.14. The van der Waals surface area contributed by atoms with Gasteiger partial charge in [0.2, 0.25) is 0 Å². The third-order valence-corrected chi connectivity index (χ3v) is 7.94. The van der Waals surface area contributed by atoms with Crippen molar-refractivity contribution in [2.75, 3.05) is 26.1 Å². The number of carbonyl (C=O) groups excluding carboxylic acids is 1. The first kappa shape index (κ1) is 38.4. The number of hydrogen-bond acceptors (Lipinski definition) is 8. The molecular weight excluding hydrogens is 726 g/mol. The number of nitrogens with zero attached hydrogens (tertiary/aromatic N) is 2. The van der Waals surface area contributed by atoms with Crippen molar-refractivity contribution in [1.82, 2.24) is 15.0 Å². The molecule has 0 radical (unpaired) electrons. The maximum absolute atomic E-state index is 14.4. The van der Waals surface area contributed by atoms with Gasteiger partial charge < -0.3 is 30.1 Å². The van der Waals surface area contributed by atoms with Gasteiger partial charge in [0, 0.05) is 65.4 Å². The normalized spacial score (nSPS) is 10.5. The number of aliphatic hydroxyl groups excluding tert-OH is 1. The number of terminal acetylenes is 1. The quantitative estimate of drug-likeness (QED) is 0.0877. The molecule has 2 aromatic heterocycles. The Balaban J connectivity index is 0.000000755. The predicted octanol–water partition coefficient (Wildman–Crippen LogP) is 6.41. The summed E-state index contributed by atoms with van der Waals surface area (Å²) < 4.78 is 40.2. The second-order valence-corrected chi connectivity index (χ2v) is 11.9. The molecule has 0 aliphatic heterocycles. The number of aliphatic hydroxyl groups is 1. The van der Waals surface area contributed by atoms with E-state index in [-0.39, 0.29) is 48.8 Å². The molecule has 5 aromatic rings. The van der Waals surface area contributed by atoms with Crippen molar-refractivity contribution in [2.24, 2.45) is 0 Å². The SMILES string of the molecule is C#CCCCCO.COc1ccc(CNc2c(C(=O)NCc3ccc(F)cc3F)c(=O)n(OCc3ccccc3)c3ncc(Br)cc23)c(OC)c1. The van der Waals surface area contributed by atoms with Crippen LogP contribution in [0.4, 0.5) is 14.5 Å². The molecule has 0 atom stereocenters. The van der Waals surface area contributed by atoms with E-state index in [1.807, 2.05) is 30.3 Å². The van der Waals surface area contributed by atoms with Gasteiger partial charge >= 0.3 is 0 Å². The molecule has 3 N–H and O–H groups in total. The van der Waals surface area contributed by atoms with Gasteiger partial charge in [0.25, 0.3) is 11.5 Å². The lowest BCUT2D eigenvalue weighted by atomic mass is 10.1. The molecule has 13 heteroatoms. The first-order chi connectivity index (χ1) is 24.7. The number of benzene rings is 3. The number of amides is 1. The smallest absolute Gasteiger partial charge is 0.300 e. The summed E-state index contributed by atoms with van der Waals surface area (Å²) in [5, 5.41) is 14.4. The number of fused-ring (bicyclic) bond motifs is 1. The number of unbranched alkanes of at least 4 members (excludes halogenated alkanes) is 2. The molecule has 5 rings (SSSR count). The molecule has 0 spiro atoms. The summed E-state index contributed by atoms with van der Waals surface area (Å²) in [7, 11) is 3.06. The van der Waals surface area contributed by atoms with E-state index in [2.05, 4.69) is 37.5 Å². The number of rotatable bonds is 14. The second-order valence-electron chi connectivity index (χ2n) is 11.0. The molecule has 266 valence electrons. The monoisotopic (exact) mass is 762 g/mol. The number of pyridine rings is 2. The molecule has 10 nitrogen and oxygen atoms in total. The van der Waals surface area contributed by atoms with Gasteiger partial charge in [-0.25, -0.2) is 13.8 Å². The minimum Gasteiger partial charge on any atom is -0.497 e. The minimum atomic E-state index is -0.828. The Bertz CT molecular complexity index is 2050. The zero-order valence-corrected chi connectivity index (χ0v) is 29.6. The summed E-state index contributed by atoms with van der Waals surface area (Å²) >= 11 is 3.43. The van der Waals surface area contributed by atoms with E-state index in [9.17, 15) is 18.4 Å². The van der Waals surface area contributed by atoms with Crippen LogP contribution in [0.15, 0.2) is 88.3 Å². The first-order valence-electron chi connectivity index (χ1n) is 15.8. The molecule has 0 aliphatic rings. The molecule has 0 fully saturated rings. The number of methoxy groups -OCH3 is 2. The summed E-state index contributed by atoms with van der Waals surface area (Å²) in [4.78, 5) is 38.1. The largest absolute Gasteiger partial charge is 0.497 e. The third-order valence-electron chi connectivity index (χ3n) is 7.51. The highest BCUT2D eigenvalue weighted by molar-refractivity contribution is 9.10. The maximum Gasteiger partial charge on any atom is 0.300 e. The molecule has 3 aromatic carbocycles. The number of carbonyl (C=O) groups is 1. The van der Waals surface area contributed by atoms with Crippen molar-refractivity contribution >= 4 is 38.6 Å². The zero-order chi connectivity index (χ0) is 36.8. The molecular formula is C38H37BrF2N4O6. The fraction of sp³-hybridized carbons (Fsp3) is 0.237. The number of hydrogen-bond donors (Lipinski definition) is 3. The minimum absolute atomic E-state index is 0.0191. The molecule has 1 amide bonds. The highest BCUT2D eigenvalue weighted by Crippen LogP contribution is 2.30. The van der Waals surface area contributed by atoms with Crippen molar-refractivity contribution in [3.63, 3.8) is 0 Å². The lowest BCUT2D eigenvalue weighted by molar-refractivity contribution is 0.0898. The molecule has 0 unspecified atom stereocenters.